The van der Waals surface area contributed by atoms with Gasteiger partial charge in [0.2, 0.25) is 0 Å². The van der Waals surface area contributed by atoms with Crippen LogP contribution in [0.1, 0.15) is 145 Å². The molecule has 5 rings (SSSR count). The van der Waals surface area contributed by atoms with Gasteiger partial charge in [-0.15, -0.1) is 0 Å². The molecular formula is C47H72BO14-. The molecule has 5 heterocycles. The topological polar surface area (TPSA) is 183 Å². The molecule has 14 unspecified atom stereocenters. The zero-order chi connectivity index (χ0) is 45.1. The maximum Gasteiger partial charge on any atom is 0.536 e. The van der Waals surface area contributed by atoms with Gasteiger partial charge in [-0.05, 0) is 90.9 Å². The molecule has 62 heavy (non-hydrogen) atoms. The van der Waals surface area contributed by atoms with Crippen molar-refractivity contribution in [2.24, 2.45) is 17.8 Å². The summed E-state index contributed by atoms with van der Waals surface area (Å²) in [4.78, 5) is 56.5. The molecule has 5 aliphatic heterocycles. The maximum atomic E-state index is 14.5. The fourth-order valence-electron chi connectivity index (χ4n) is 9.02. The van der Waals surface area contributed by atoms with E-state index in [0.717, 1.165) is 0 Å². The molecule has 0 aliphatic carbocycles. The molecule has 0 aromatic heterocycles. The molecule has 2 spiro atoms. The summed E-state index contributed by atoms with van der Waals surface area (Å²) in [5.74, 6) is -7.85. The van der Waals surface area contributed by atoms with Crippen LogP contribution < -0.4 is 0 Å². The number of ether oxygens (including phenoxy) is 4. The number of ketones is 2. The second-order valence-electron chi connectivity index (χ2n) is 18.1. The maximum absolute atomic E-state index is 14.5. The summed E-state index contributed by atoms with van der Waals surface area (Å²) < 4.78 is 52.4. The number of esters is 2. The molecule has 0 aromatic rings. The third kappa shape index (κ3) is 12.4. The summed E-state index contributed by atoms with van der Waals surface area (Å²) in [5, 5.41) is 21.7. The van der Waals surface area contributed by atoms with Crippen LogP contribution in [0, 0.1) is 17.8 Å². The third-order valence-corrected chi connectivity index (χ3v) is 13.0. The Kier molecular flexibility index (Phi) is 18.3. The third-order valence-electron chi connectivity index (χ3n) is 13.0. The van der Waals surface area contributed by atoms with E-state index in [0.29, 0.717) is 77.0 Å². The Bertz CT molecular complexity index is 1650. The van der Waals surface area contributed by atoms with Gasteiger partial charge in [0.05, 0.1) is 36.6 Å². The zero-order valence-corrected chi connectivity index (χ0v) is 37.9. The average molecular weight is 872 g/mol. The van der Waals surface area contributed by atoms with Gasteiger partial charge in [0.1, 0.15) is 11.6 Å². The molecule has 0 aromatic carbocycles. The zero-order valence-electron chi connectivity index (χ0n) is 37.9. The van der Waals surface area contributed by atoms with Gasteiger partial charge in [0.25, 0.3) is 0 Å². The summed E-state index contributed by atoms with van der Waals surface area (Å²) in [7, 11) is 0. The quantitative estimate of drug-likeness (QED) is 0.214. The van der Waals surface area contributed by atoms with Crippen molar-refractivity contribution in [3.63, 3.8) is 0 Å². The van der Waals surface area contributed by atoms with Gasteiger partial charge in [-0.25, -0.2) is 9.59 Å². The van der Waals surface area contributed by atoms with Crippen molar-refractivity contribution in [3.05, 3.63) is 48.6 Å². The standard InChI is InChI=1S/C47H72BO14/c1-8-22-40-34(6)38(51)29-36(49)25-20-16-13-11-15-19-24-33(5)56-45(54)43-47-31(3)27-28-41(58-47)35(7)39(52)30-37(50)26-21-17-12-10-14-18-23-32(4)55-44(53)42-46(9-2,57-40)61-48(59-42,60-43)62-47/h10-17,31-37,40-43,49-50H,8-9,18-30H2,1-7H3/q-1. The fourth-order valence-corrected chi connectivity index (χ4v) is 9.02. The molecule has 348 valence electrons. The van der Waals surface area contributed by atoms with Crippen molar-refractivity contribution >= 4 is 30.5 Å². The number of fused-ring (bicyclic) bond motifs is 5. The number of Topliss-reactive ketones (excluding diaryl/α,β-unsaturated/α-hetero) is 2. The Morgan fingerprint density at radius 3 is 1.66 bits per heavy atom. The van der Waals surface area contributed by atoms with E-state index in [9.17, 15) is 29.4 Å². The van der Waals surface area contributed by atoms with E-state index in [1.165, 1.54) is 0 Å². The lowest BCUT2D eigenvalue weighted by molar-refractivity contribution is -0.287. The van der Waals surface area contributed by atoms with Crippen LogP contribution in [-0.2, 0) is 56.7 Å². The average Bonchev–Trinajstić information content (AvgIpc) is 3.72. The summed E-state index contributed by atoms with van der Waals surface area (Å²) in [6.45, 7) is 9.04. The van der Waals surface area contributed by atoms with Crippen molar-refractivity contribution in [2.75, 3.05) is 0 Å². The molecule has 3 fully saturated rings. The summed E-state index contributed by atoms with van der Waals surface area (Å²) in [5.41, 5.74) is 0. The Labute approximate surface area is 368 Å². The predicted molar refractivity (Wildman–Crippen MR) is 231 cm³/mol. The Morgan fingerprint density at radius 1 is 0.629 bits per heavy atom. The molecule has 0 saturated carbocycles. The number of aliphatic hydroxyl groups is 2. The summed E-state index contributed by atoms with van der Waals surface area (Å²) in [6.07, 6.45) is 13.5. The summed E-state index contributed by atoms with van der Waals surface area (Å²) >= 11 is 0. The van der Waals surface area contributed by atoms with E-state index in [1.54, 1.807) is 34.6 Å². The van der Waals surface area contributed by atoms with Crippen molar-refractivity contribution < 1.29 is 67.0 Å². The summed E-state index contributed by atoms with van der Waals surface area (Å²) in [6, 6.07) is 0. The van der Waals surface area contributed by atoms with Crippen molar-refractivity contribution in [1.82, 2.24) is 0 Å². The molecule has 3 saturated heterocycles. The Balaban J connectivity index is 1.61. The molecular weight excluding hydrogens is 799 g/mol. The molecule has 0 amide bonds. The van der Waals surface area contributed by atoms with Gasteiger partial charge in [-0.3, -0.25) is 9.59 Å². The molecule has 0 radical (unpaired) electrons. The highest BCUT2D eigenvalue weighted by molar-refractivity contribution is 6.56. The van der Waals surface area contributed by atoms with Crippen LogP contribution in [0.2, 0.25) is 0 Å². The number of hydrogen-bond acceptors (Lipinski definition) is 14. The van der Waals surface area contributed by atoms with E-state index in [1.807, 2.05) is 62.5 Å². The lowest BCUT2D eigenvalue weighted by atomic mass is 9.82. The Hall–Kier alpha value is -3.02. The fraction of sp³-hybridized carbons (Fsp3) is 0.745. The molecule has 6 bridgehead atoms. The normalized spacial score (nSPS) is 41.5. The minimum absolute atomic E-state index is 0.00207. The first-order chi connectivity index (χ1) is 29.6. The number of rotatable bonds is 3. The predicted octanol–water partition coefficient (Wildman–Crippen LogP) is 7.20. The van der Waals surface area contributed by atoms with E-state index >= 15 is 0 Å². The van der Waals surface area contributed by atoms with Crippen LogP contribution in [0.15, 0.2) is 48.6 Å². The highest BCUT2D eigenvalue weighted by Gasteiger charge is 2.70. The van der Waals surface area contributed by atoms with E-state index in [-0.39, 0.29) is 30.8 Å². The van der Waals surface area contributed by atoms with E-state index < -0.39 is 97.1 Å². The lowest BCUT2D eigenvalue weighted by Crippen LogP contribution is -2.58. The van der Waals surface area contributed by atoms with Crippen LogP contribution in [0.4, 0.5) is 0 Å². The van der Waals surface area contributed by atoms with Gasteiger partial charge in [-0.2, -0.15) is 0 Å². The largest absolute Gasteiger partial charge is 0.536 e. The van der Waals surface area contributed by atoms with E-state index in [2.05, 4.69) is 0 Å². The first-order valence-corrected chi connectivity index (χ1v) is 23.3. The number of hydrogen-bond donors (Lipinski definition) is 2. The second kappa shape index (κ2) is 22.7. The van der Waals surface area contributed by atoms with Crippen molar-refractivity contribution in [1.29, 1.82) is 0 Å². The highest BCUT2D eigenvalue weighted by atomic mass is 17.0. The number of cyclic esters (lactones) is 2. The second-order valence-corrected chi connectivity index (χ2v) is 18.1. The molecule has 14 atom stereocenters. The van der Waals surface area contributed by atoms with Crippen LogP contribution in [-0.4, -0.2) is 101 Å². The number of carbonyl (C=O) groups excluding carboxylic acids is 4. The Morgan fingerprint density at radius 2 is 1.13 bits per heavy atom. The minimum atomic E-state index is -3.52. The SMILES string of the molecule is CCCC1OC2(CC)O[B-]34OC2C(=O)OC(C)CCC=CC=CCCC(O)CC(=O)C(C)C2CCC(C)C(O2)(O3)C(O4)C(=O)OC(C)CCC=CC=CCCC(O)CC(=O)C1C. The van der Waals surface area contributed by atoms with Crippen LogP contribution >= 0.6 is 0 Å². The molecule has 15 heteroatoms. The van der Waals surface area contributed by atoms with Gasteiger partial charge >= 0.3 is 18.9 Å². The minimum Gasteiger partial charge on any atom is -0.504 e. The van der Waals surface area contributed by atoms with Gasteiger partial charge < -0.3 is 47.8 Å². The number of allylic oxidation sites excluding steroid dienone is 8. The highest BCUT2D eigenvalue weighted by Crippen LogP contribution is 2.53. The first kappa shape index (κ1) is 50.0. The van der Waals surface area contributed by atoms with Gasteiger partial charge in [0.15, 0.2) is 23.8 Å². The van der Waals surface area contributed by atoms with Crippen LogP contribution in [0.25, 0.3) is 0 Å². The van der Waals surface area contributed by atoms with Crippen LogP contribution in [0.3, 0.4) is 0 Å². The van der Waals surface area contributed by atoms with Crippen molar-refractivity contribution in [2.45, 2.75) is 205 Å². The lowest BCUT2D eigenvalue weighted by Gasteiger charge is -2.48. The van der Waals surface area contributed by atoms with E-state index in [4.69, 9.17) is 37.6 Å². The van der Waals surface area contributed by atoms with Crippen LogP contribution in [0.5, 0.6) is 0 Å². The monoisotopic (exact) mass is 872 g/mol. The number of aliphatic hydroxyl groups excluding tert-OH is 2. The van der Waals surface area contributed by atoms with Gasteiger partial charge in [-0.1, -0.05) is 89.6 Å². The number of carbonyl (C=O) groups is 4. The van der Waals surface area contributed by atoms with Crippen molar-refractivity contribution in [3.8, 4) is 0 Å². The first-order valence-electron chi connectivity index (χ1n) is 23.3. The smallest absolute Gasteiger partial charge is 0.504 e. The van der Waals surface area contributed by atoms with Gasteiger partial charge in [0, 0.05) is 30.6 Å². The molecule has 2 N–H and O–H groups in total. The molecule has 14 nitrogen and oxygen atoms in total. The molecule has 5 aliphatic rings.